The summed E-state index contributed by atoms with van der Waals surface area (Å²) in [6.45, 7) is 3.78. The van der Waals surface area contributed by atoms with E-state index in [0.717, 1.165) is 25.2 Å². The number of aliphatic hydroxyl groups is 1. The molecule has 0 saturated carbocycles. The van der Waals surface area contributed by atoms with E-state index in [2.05, 4.69) is 9.80 Å². The molecule has 130 valence electrons. The first-order valence-electron chi connectivity index (χ1n) is 7.92. The Morgan fingerprint density at radius 2 is 2.13 bits per heavy atom. The molecule has 1 aliphatic rings. The average Bonchev–Trinajstić information content (AvgIpc) is 2.53. The van der Waals surface area contributed by atoms with Crippen LogP contribution in [0.15, 0.2) is 18.2 Å². The fraction of sp³-hybridized carbons (Fsp3) is 0.647. The third-order valence-electron chi connectivity index (χ3n) is 4.02. The number of likely N-dealkylation sites (N-methyl/N-ethyl adjacent to an activating group) is 1. The number of methoxy groups -OCH3 is 2. The quantitative estimate of drug-likeness (QED) is 0.808. The molecular weight excluding hydrogens is 296 g/mol. The third kappa shape index (κ3) is 5.07. The van der Waals surface area contributed by atoms with E-state index in [1.165, 1.54) is 0 Å². The Hall–Kier alpha value is -1.34. The van der Waals surface area contributed by atoms with E-state index in [1.54, 1.807) is 14.2 Å². The van der Waals surface area contributed by atoms with Crippen molar-refractivity contribution in [3.05, 3.63) is 23.8 Å². The predicted octanol–water partition coefficient (Wildman–Crippen LogP) is 1.000. The van der Waals surface area contributed by atoms with Crippen molar-refractivity contribution in [3.63, 3.8) is 0 Å². The van der Waals surface area contributed by atoms with Gasteiger partial charge in [0.25, 0.3) is 0 Å². The molecule has 23 heavy (non-hydrogen) atoms. The number of nitrogens with zero attached hydrogens (tertiary/aromatic N) is 2. The van der Waals surface area contributed by atoms with Crippen molar-refractivity contribution < 1.29 is 19.3 Å². The van der Waals surface area contributed by atoms with Gasteiger partial charge in [0.1, 0.15) is 11.5 Å². The summed E-state index contributed by atoms with van der Waals surface area (Å²) in [6.07, 6.45) is -0.448. The molecule has 1 aromatic rings. The van der Waals surface area contributed by atoms with Crippen LogP contribution in [-0.4, -0.2) is 82.1 Å². The van der Waals surface area contributed by atoms with Gasteiger partial charge in [0, 0.05) is 31.7 Å². The SMILES string of the molecule is COc1ccc(OC)c([C@H](O)CN2CCO[C@H](CN(C)C)C2)c1. The lowest BCUT2D eigenvalue weighted by Gasteiger charge is -2.35. The van der Waals surface area contributed by atoms with Gasteiger partial charge in [-0.05, 0) is 32.3 Å². The Morgan fingerprint density at radius 1 is 1.35 bits per heavy atom. The minimum atomic E-state index is -0.627. The summed E-state index contributed by atoms with van der Waals surface area (Å²) in [5.41, 5.74) is 0.752. The Kier molecular flexibility index (Phi) is 6.65. The van der Waals surface area contributed by atoms with E-state index >= 15 is 0 Å². The van der Waals surface area contributed by atoms with Gasteiger partial charge in [-0.3, -0.25) is 4.90 Å². The molecule has 6 nitrogen and oxygen atoms in total. The number of ether oxygens (including phenoxy) is 3. The van der Waals surface area contributed by atoms with Gasteiger partial charge in [-0.2, -0.15) is 0 Å². The van der Waals surface area contributed by atoms with Crippen LogP contribution in [0.25, 0.3) is 0 Å². The van der Waals surface area contributed by atoms with E-state index in [0.29, 0.717) is 24.7 Å². The second-order valence-corrected chi connectivity index (χ2v) is 6.14. The van der Waals surface area contributed by atoms with Crippen LogP contribution in [0.3, 0.4) is 0 Å². The van der Waals surface area contributed by atoms with Crippen molar-refractivity contribution in [1.29, 1.82) is 0 Å². The van der Waals surface area contributed by atoms with Crippen molar-refractivity contribution in [2.75, 3.05) is 61.1 Å². The highest BCUT2D eigenvalue weighted by Gasteiger charge is 2.24. The Balaban J connectivity index is 2.02. The van der Waals surface area contributed by atoms with E-state index in [-0.39, 0.29) is 6.10 Å². The molecule has 2 atom stereocenters. The first kappa shape index (κ1) is 18.0. The molecule has 1 aliphatic heterocycles. The van der Waals surface area contributed by atoms with E-state index < -0.39 is 6.10 Å². The molecule has 2 rings (SSSR count). The van der Waals surface area contributed by atoms with E-state index in [9.17, 15) is 5.11 Å². The number of aliphatic hydroxyl groups excluding tert-OH is 1. The minimum absolute atomic E-state index is 0.179. The zero-order valence-electron chi connectivity index (χ0n) is 14.5. The zero-order chi connectivity index (χ0) is 16.8. The van der Waals surface area contributed by atoms with Crippen LogP contribution < -0.4 is 9.47 Å². The molecule has 1 N–H and O–H groups in total. The number of β-amino-alcohol motifs (C(OH)–C–C–N with tert-alkyl or cyclic N) is 1. The van der Waals surface area contributed by atoms with Gasteiger partial charge in [0.05, 0.1) is 33.0 Å². The highest BCUT2D eigenvalue weighted by atomic mass is 16.5. The molecule has 1 heterocycles. The summed E-state index contributed by atoms with van der Waals surface area (Å²) >= 11 is 0. The summed E-state index contributed by atoms with van der Waals surface area (Å²) in [7, 11) is 7.31. The molecule has 6 heteroatoms. The molecule has 1 saturated heterocycles. The number of benzene rings is 1. The summed E-state index contributed by atoms with van der Waals surface area (Å²) in [5.74, 6) is 1.39. The van der Waals surface area contributed by atoms with Crippen molar-refractivity contribution in [1.82, 2.24) is 9.80 Å². The van der Waals surface area contributed by atoms with Gasteiger partial charge in [0.2, 0.25) is 0 Å². The molecule has 0 amide bonds. The number of hydrogen-bond acceptors (Lipinski definition) is 6. The van der Waals surface area contributed by atoms with Crippen molar-refractivity contribution in [2.24, 2.45) is 0 Å². The molecule has 1 aromatic carbocycles. The molecular formula is C17H28N2O4. The summed E-state index contributed by atoms with van der Waals surface area (Å²) in [6, 6.07) is 5.49. The fourth-order valence-electron chi connectivity index (χ4n) is 2.91. The maximum atomic E-state index is 10.6. The van der Waals surface area contributed by atoms with Gasteiger partial charge in [-0.15, -0.1) is 0 Å². The highest BCUT2D eigenvalue weighted by Crippen LogP contribution is 2.30. The first-order valence-corrected chi connectivity index (χ1v) is 7.92. The van der Waals surface area contributed by atoms with Gasteiger partial charge in [0.15, 0.2) is 0 Å². The molecule has 0 unspecified atom stereocenters. The smallest absolute Gasteiger partial charge is 0.124 e. The predicted molar refractivity (Wildman–Crippen MR) is 89.2 cm³/mol. The molecule has 0 bridgehead atoms. The summed E-state index contributed by atoms with van der Waals surface area (Å²) < 4.78 is 16.4. The number of morpholine rings is 1. The fourth-order valence-corrected chi connectivity index (χ4v) is 2.91. The maximum Gasteiger partial charge on any atom is 0.124 e. The Morgan fingerprint density at radius 3 is 2.78 bits per heavy atom. The normalized spacial score (nSPS) is 20.5. The van der Waals surface area contributed by atoms with Gasteiger partial charge < -0.3 is 24.2 Å². The van der Waals surface area contributed by atoms with Crippen molar-refractivity contribution in [2.45, 2.75) is 12.2 Å². The van der Waals surface area contributed by atoms with Crippen LogP contribution in [0.1, 0.15) is 11.7 Å². The lowest BCUT2D eigenvalue weighted by Crippen LogP contribution is -2.47. The topological polar surface area (TPSA) is 54.4 Å². The van der Waals surface area contributed by atoms with E-state index in [1.807, 2.05) is 32.3 Å². The second-order valence-electron chi connectivity index (χ2n) is 6.14. The summed E-state index contributed by atoms with van der Waals surface area (Å²) in [4.78, 5) is 4.36. The lowest BCUT2D eigenvalue weighted by atomic mass is 10.1. The van der Waals surface area contributed by atoms with Gasteiger partial charge in [-0.25, -0.2) is 0 Å². The standard InChI is InChI=1S/C17H28N2O4/c1-18(2)10-14-11-19(7-8-23-14)12-16(20)15-9-13(21-3)5-6-17(15)22-4/h5-6,9,14,16,20H,7-8,10-12H2,1-4H3/t14-,16-/m1/s1. The zero-order valence-corrected chi connectivity index (χ0v) is 14.5. The largest absolute Gasteiger partial charge is 0.497 e. The maximum absolute atomic E-state index is 10.6. The minimum Gasteiger partial charge on any atom is -0.497 e. The summed E-state index contributed by atoms with van der Waals surface area (Å²) in [5, 5.41) is 10.6. The molecule has 0 aliphatic carbocycles. The molecule has 1 fully saturated rings. The van der Waals surface area contributed by atoms with Crippen LogP contribution in [0.4, 0.5) is 0 Å². The number of rotatable bonds is 7. The third-order valence-corrected chi connectivity index (χ3v) is 4.02. The van der Waals surface area contributed by atoms with Gasteiger partial charge >= 0.3 is 0 Å². The second kappa shape index (κ2) is 8.49. The van der Waals surface area contributed by atoms with Gasteiger partial charge in [-0.1, -0.05) is 0 Å². The highest BCUT2D eigenvalue weighted by molar-refractivity contribution is 5.41. The number of hydrogen-bond donors (Lipinski definition) is 1. The van der Waals surface area contributed by atoms with Crippen LogP contribution in [-0.2, 0) is 4.74 Å². The van der Waals surface area contributed by atoms with Crippen molar-refractivity contribution in [3.8, 4) is 11.5 Å². The molecule has 0 aromatic heterocycles. The Bertz CT molecular complexity index is 495. The van der Waals surface area contributed by atoms with E-state index in [4.69, 9.17) is 14.2 Å². The van der Waals surface area contributed by atoms with Crippen LogP contribution in [0.2, 0.25) is 0 Å². The lowest BCUT2D eigenvalue weighted by molar-refractivity contribution is -0.0490. The molecule has 0 radical (unpaired) electrons. The Labute approximate surface area is 138 Å². The average molecular weight is 324 g/mol. The van der Waals surface area contributed by atoms with Crippen LogP contribution >= 0.6 is 0 Å². The van der Waals surface area contributed by atoms with Crippen LogP contribution in [0.5, 0.6) is 11.5 Å². The monoisotopic (exact) mass is 324 g/mol. The van der Waals surface area contributed by atoms with Crippen LogP contribution in [0, 0.1) is 0 Å². The first-order chi connectivity index (χ1) is 11.0. The van der Waals surface area contributed by atoms with Crippen molar-refractivity contribution >= 4 is 0 Å². The molecule has 0 spiro atoms.